The molecule has 1 aliphatic rings. The van der Waals surface area contributed by atoms with E-state index in [1.165, 1.54) is 17.8 Å². The van der Waals surface area contributed by atoms with Crippen LogP contribution in [0.2, 0.25) is 5.02 Å². The maximum Gasteiger partial charge on any atom is 0.238 e. The number of carbonyl (C=O) groups excluding carboxylic acids is 1. The average molecular weight is 322 g/mol. The minimum atomic E-state index is -0.423. The third kappa shape index (κ3) is 2.65. The van der Waals surface area contributed by atoms with Gasteiger partial charge in [-0.25, -0.2) is 4.39 Å². The van der Waals surface area contributed by atoms with Gasteiger partial charge in [-0.1, -0.05) is 29.8 Å². The van der Waals surface area contributed by atoms with Crippen LogP contribution in [0.25, 0.3) is 0 Å². The molecule has 1 heterocycles. The molecule has 3 rings (SSSR count). The molecule has 1 aliphatic heterocycles. The van der Waals surface area contributed by atoms with Crippen molar-refractivity contribution in [3.63, 3.8) is 0 Å². The first-order valence-corrected chi connectivity index (χ1v) is 7.95. The second kappa shape index (κ2) is 5.70. The van der Waals surface area contributed by atoms with Gasteiger partial charge in [0.1, 0.15) is 11.2 Å². The lowest BCUT2D eigenvalue weighted by atomic mass is 10.1. The summed E-state index contributed by atoms with van der Waals surface area (Å²) in [6, 6.07) is 12.2. The fourth-order valence-electron chi connectivity index (χ4n) is 2.44. The van der Waals surface area contributed by atoms with Gasteiger partial charge in [-0.05, 0) is 36.8 Å². The van der Waals surface area contributed by atoms with Crippen molar-refractivity contribution in [2.24, 2.45) is 0 Å². The number of halogens is 2. The van der Waals surface area contributed by atoms with Crippen LogP contribution in [-0.4, -0.2) is 11.7 Å². The zero-order valence-electron chi connectivity index (χ0n) is 11.3. The molecule has 2 aromatic rings. The van der Waals surface area contributed by atoms with Gasteiger partial charge >= 0.3 is 0 Å². The molecule has 0 saturated carbocycles. The Kier molecular flexibility index (Phi) is 3.91. The van der Waals surface area contributed by atoms with Crippen LogP contribution in [0.5, 0.6) is 0 Å². The van der Waals surface area contributed by atoms with E-state index in [0.29, 0.717) is 16.3 Å². The lowest BCUT2D eigenvalue weighted by Gasteiger charge is -2.25. The number of nitrogens with zero attached hydrogens (tertiary/aromatic N) is 1. The number of carbonyl (C=O) groups is 1. The number of hydrogen-bond donors (Lipinski definition) is 0. The van der Waals surface area contributed by atoms with Gasteiger partial charge in [-0.15, -0.1) is 11.8 Å². The second-order valence-electron chi connectivity index (χ2n) is 4.90. The molecule has 1 saturated heterocycles. The maximum atomic E-state index is 14.2. The third-order valence-electron chi connectivity index (χ3n) is 3.39. The number of thioether (sulfide) groups is 1. The van der Waals surface area contributed by atoms with Gasteiger partial charge in [0, 0.05) is 16.3 Å². The summed E-state index contributed by atoms with van der Waals surface area (Å²) in [5.74, 6) is -0.0919. The highest BCUT2D eigenvalue weighted by Crippen LogP contribution is 2.44. The molecule has 0 radical (unpaired) electrons. The normalized spacial score (nSPS) is 18.3. The first-order chi connectivity index (χ1) is 10.1. The maximum absolute atomic E-state index is 14.2. The lowest BCUT2D eigenvalue weighted by Crippen LogP contribution is -2.28. The van der Waals surface area contributed by atoms with Crippen LogP contribution in [0.1, 0.15) is 16.5 Å². The van der Waals surface area contributed by atoms with Crippen molar-refractivity contribution in [3.05, 3.63) is 64.4 Å². The Labute approximate surface area is 131 Å². The monoisotopic (exact) mass is 321 g/mol. The van der Waals surface area contributed by atoms with Crippen LogP contribution < -0.4 is 4.90 Å². The number of amides is 1. The van der Waals surface area contributed by atoms with Crippen molar-refractivity contribution < 1.29 is 9.18 Å². The van der Waals surface area contributed by atoms with E-state index in [4.69, 9.17) is 11.6 Å². The molecular weight excluding hydrogens is 309 g/mol. The first-order valence-electron chi connectivity index (χ1n) is 6.52. The number of rotatable bonds is 2. The molecule has 1 fully saturated rings. The van der Waals surface area contributed by atoms with E-state index in [0.717, 1.165) is 11.3 Å². The molecule has 0 N–H and O–H groups in total. The van der Waals surface area contributed by atoms with E-state index >= 15 is 0 Å². The van der Waals surface area contributed by atoms with Gasteiger partial charge in [0.2, 0.25) is 5.91 Å². The van der Waals surface area contributed by atoms with Crippen LogP contribution in [0, 0.1) is 12.7 Å². The Bertz CT molecular complexity index is 686. The van der Waals surface area contributed by atoms with Gasteiger partial charge in [-0.3, -0.25) is 9.69 Å². The topological polar surface area (TPSA) is 20.3 Å². The molecule has 2 nitrogen and oxygen atoms in total. The van der Waals surface area contributed by atoms with E-state index in [2.05, 4.69) is 0 Å². The van der Waals surface area contributed by atoms with Gasteiger partial charge in [0.05, 0.1) is 5.75 Å². The molecule has 1 amide bonds. The fraction of sp³-hybridized carbons (Fsp3) is 0.188. The van der Waals surface area contributed by atoms with E-state index in [1.807, 2.05) is 31.2 Å². The predicted molar refractivity (Wildman–Crippen MR) is 85.3 cm³/mol. The van der Waals surface area contributed by atoms with Crippen molar-refractivity contribution in [2.45, 2.75) is 12.3 Å². The molecule has 0 bridgehead atoms. The predicted octanol–water partition coefficient (Wildman–Crippen LogP) is 4.57. The highest BCUT2D eigenvalue weighted by molar-refractivity contribution is 8.00. The average Bonchev–Trinajstić information content (AvgIpc) is 2.80. The Morgan fingerprint density at radius 1 is 1.29 bits per heavy atom. The number of benzene rings is 2. The summed E-state index contributed by atoms with van der Waals surface area (Å²) >= 11 is 7.54. The quantitative estimate of drug-likeness (QED) is 0.807. The van der Waals surface area contributed by atoms with Gasteiger partial charge in [0.15, 0.2) is 0 Å². The molecule has 1 unspecified atom stereocenters. The molecule has 108 valence electrons. The third-order valence-corrected chi connectivity index (χ3v) is 4.90. The standard InChI is InChI=1S/C16H13ClFNOS/c1-10-4-2-5-11(8-10)19-14(20)9-21-16(19)15-12(17)6-3-7-13(15)18/h2-8,16H,9H2,1H3. The van der Waals surface area contributed by atoms with Crippen molar-refractivity contribution in [1.82, 2.24) is 0 Å². The Morgan fingerprint density at radius 2 is 2.05 bits per heavy atom. The fourth-order valence-corrected chi connectivity index (χ4v) is 4.01. The summed E-state index contributed by atoms with van der Waals surface area (Å²) in [7, 11) is 0. The Balaban J connectivity index is 2.08. The summed E-state index contributed by atoms with van der Waals surface area (Å²) in [6.07, 6.45) is 0. The summed E-state index contributed by atoms with van der Waals surface area (Å²) in [5, 5.41) is -0.0761. The molecule has 1 atom stereocenters. The van der Waals surface area contributed by atoms with E-state index in [9.17, 15) is 9.18 Å². The van der Waals surface area contributed by atoms with Crippen LogP contribution in [-0.2, 0) is 4.79 Å². The summed E-state index contributed by atoms with van der Waals surface area (Å²) in [6.45, 7) is 1.96. The van der Waals surface area contributed by atoms with Crippen molar-refractivity contribution in [2.75, 3.05) is 10.7 Å². The minimum absolute atomic E-state index is 0.0325. The molecule has 0 aromatic heterocycles. The summed E-state index contributed by atoms with van der Waals surface area (Å²) in [4.78, 5) is 13.9. The molecule has 2 aromatic carbocycles. The van der Waals surface area contributed by atoms with Gasteiger partial charge < -0.3 is 0 Å². The minimum Gasteiger partial charge on any atom is -0.295 e. The molecule has 5 heteroatoms. The largest absolute Gasteiger partial charge is 0.295 e. The van der Waals surface area contributed by atoms with Crippen LogP contribution >= 0.6 is 23.4 Å². The van der Waals surface area contributed by atoms with Crippen LogP contribution in [0.15, 0.2) is 42.5 Å². The summed E-state index contributed by atoms with van der Waals surface area (Å²) in [5.41, 5.74) is 2.20. The Hall–Kier alpha value is -1.52. The number of hydrogen-bond acceptors (Lipinski definition) is 2. The zero-order chi connectivity index (χ0) is 15.0. The highest BCUT2D eigenvalue weighted by Gasteiger charge is 2.36. The van der Waals surface area contributed by atoms with Crippen molar-refractivity contribution in [3.8, 4) is 0 Å². The van der Waals surface area contributed by atoms with Crippen LogP contribution in [0.4, 0.5) is 10.1 Å². The van der Waals surface area contributed by atoms with Gasteiger partial charge in [-0.2, -0.15) is 0 Å². The number of aryl methyl sites for hydroxylation is 1. The van der Waals surface area contributed by atoms with Crippen LogP contribution in [0.3, 0.4) is 0 Å². The lowest BCUT2D eigenvalue weighted by molar-refractivity contribution is -0.115. The smallest absolute Gasteiger partial charge is 0.238 e. The van der Waals surface area contributed by atoms with Gasteiger partial charge in [0.25, 0.3) is 0 Å². The van der Waals surface area contributed by atoms with E-state index in [-0.39, 0.29) is 11.7 Å². The van der Waals surface area contributed by atoms with E-state index in [1.54, 1.807) is 17.0 Å². The van der Waals surface area contributed by atoms with E-state index < -0.39 is 5.37 Å². The zero-order valence-corrected chi connectivity index (χ0v) is 12.9. The molecule has 21 heavy (non-hydrogen) atoms. The number of anilines is 1. The van der Waals surface area contributed by atoms with Crippen molar-refractivity contribution >= 4 is 35.0 Å². The Morgan fingerprint density at radius 3 is 2.76 bits per heavy atom. The SMILES string of the molecule is Cc1cccc(N2C(=O)CSC2c2c(F)cccc2Cl)c1. The molecule has 0 aliphatic carbocycles. The highest BCUT2D eigenvalue weighted by atomic mass is 35.5. The van der Waals surface area contributed by atoms with Crippen molar-refractivity contribution in [1.29, 1.82) is 0 Å². The second-order valence-corrected chi connectivity index (χ2v) is 6.38. The molecule has 0 spiro atoms. The first kappa shape index (κ1) is 14.4. The molecular formula is C16H13ClFNOS. The summed E-state index contributed by atoms with van der Waals surface area (Å²) < 4.78 is 14.2.